The third-order valence-corrected chi connectivity index (χ3v) is 1.66. The van der Waals surface area contributed by atoms with Crippen LogP contribution >= 0.6 is 0 Å². The number of hydrogen-bond acceptors (Lipinski definition) is 4. The van der Waals surface area contributed by atoms with Gasteiger partial charge in [-0.3, -0.25) is 9.59 Å². The molecule has 0 spiro atoms. The highest BCUT2D eigenvalue weighted by Crippen LogP contribution is 2.13. The van der Waals surface area contributed by atoms with Crippen LogP contribution < -0.4 is 10.6 Å². The third kappa shape index (κ3) is 8.76. The van der Waals surface area contributed by atoms with Crippen molar-refractivity contribution < 1.29 is 32.2 Å². The molecular formula is C9H15F3N2O4. The van der Waals surface area contributed by atoms with Crippen molar-refractivity contribution in [3.63, 3.8) is 0 Å². The van der Waals surface area contributed by atoms with Gasteiger partial charge in [0, 0.05) is 20.2 Å². The fourth-order valence-electron chi connectivity index (χ4n) is 0.836. The van der Waals surface area contributed by atoms with E-state index in [1.165, 1.54) is 7.11 Å². The molecule has 0 aliphatic rings. The Bertz CT molecular complexity index is 271. The summed E-state index contributed by atoms with van der Waals surface area (Å²) in [5.74, 6) is -2.51. The van der Waals surface area contributed by atoms with E-state index in [2.05, 4.69) is 10.1 Å². The van der Waals surface area contributed by atoms with E-state index in [9.17, 15) is 22.8 Å². The van der Waals surface area contributed by atoms with Gasteiger partial charge in [-0.2, -0.15) is 13.2 Å². The largest absolute Gasteiger partial charge is 0.471 e. The molecule has 0 aromatic heterocycles. The van der Waals surface area contributed by atoms with Crippen LogP contribution in [0.4, 0.5) is 13.2 Å². The lowest BCUT2D eigenvalue weighted by molar-refractivity contribution is -0.173. The number of hydrogen-bond donors (Lipinski definition) is 2. The maximum absolute atomic E-state index is 11.7. The normalized spacial score (nSPS) is 11.1. The molecule has 0 fully saturated rings. The van der Waals surface area contributed by atoms with Gasteiger partial charge in [-0.15, -0.1) is 0 Å². The molecule has 0 heterocycles. The molecule has 0 aliphatic heterocycles. The number of ether oxygens (including phenoxy) is 2. The molecule has 2 amide bonds. The first kappa shape index (κ1) is 16.6. The van der Waals surface area contributed by atoms with Gasteiger partial charge in [0.1, 0.15) is 6.61 Å². The number of carbonyl (C=O) groups excluding carboxylic acids is 2. The van der Waals surface area contributed by atoms with Crippen LogP contribution in [0.1, 0.15) is 0 Å². The van der Waals surface area contributed by atoms with Gasteiger partial charge in [0.25, 0.3) is 0 Å². The minimum atomic E-state index is -4.91. The Morgan fingerprint density at radius 3 is 2.28 bits per heavy atom. The Hall–Kier alpha value is -1.35. The molecule has 2 N–H and O–H groups in total. The first-order valence-electron chi connectivity index (χ1n) is 5.06. The van der Waals surface area contributed by atoms with Gasteiger partial charge in [0.05, 0.1) is 13.2 Å². The molecule has 9 heteroatoms. The first-order chi connectivity index (χ1) is 8.38. The summed E-state index contributed by atoms with van der Waals surface area (Å²) in [7, 11) is 1.48. The zero-order chi connectivity index (χ0) is 14.0. The smallest absolute Gasteiger partial charge is 0.382 e. The standard InChI is InChI=1S/C9H15F3N2O4/c1-17-4-5-18-6-7(15)13-2-3-14-8(16)9(10,11)12/h2-6H2,1H3,(H,13,15)(H,14,16). The maximum Gasteiger partial charge on any atom is 0.471 e. The molecule has 0 aromatic carbocycles. The van der Waals surface area contributed by atoms with Crippen LogP contribution in [-0.4, -0.2) is 58.0 Å². The van der Waals surface area contributed by atoms with Gasteiger partial charge in [0.15, 0.2) is 0 Å². The summed E-state index contributed by atoms with van der Waals surface area (Å²) in [6.45, 7) is -0.0311. The van der Waals surface area contributed by atoms with Crippen LogP contribution in [0.15, 0.2) is 0 Å². The van der Waals surface area contributed by atoms with Crippen molar-refractivity contribution in [2.45, 2.75) is 6.18 Å². The quantitative estimate of drug-likeness (QED) is 0.581. The number of halogens is 3. The van der Waals surface area contributed by atoms with E-state index in [1.54, 1.807) is 5.32 Å². The number of rotatable bonds is 8. The summed E-state index contributed by atoms with van der Waals surface area (Å²) in [5.41, 5.74) is 0. The molecule has 0 radical (unpaired) electrons. The van der Waals surface area contributed by atoms with Crippen LogP contribution in [0.2, 0.25) is 0 Å². The van der Waals surface area contributed by atoms with Crippen molar-refractivity contribution in [3.8, 4) is 0 Å². The van der Waals surface area contributed by atoms with Crippen molar-refractivity contribution in [3.05, 3.63) is 0 Å². The zero-order valence-corrected chi connectivity index (χ0v) is 9.80. The SMILES string of the molecule is COCCOCC(=O)NCCNC(=O)C(F)(F)F. The monoisotopic (exact) mass is 272 g/mol. The fraction of sp³-hybridized carbons (Fsp3) is 0.778. The van der Waals surface area contributed by atoms with Gasteiger partial charge < -0.3 is 20.1 Å². The molecule has 18 heavy (non-hydrogen) atoms. The van der Waals surface area contributed by atoms with Gasteiger partial charge in [0.2, 0.25) is 5.91 Å². The second kappa shape index (κ2) is 8.70. The maximum atomic E-state index is 11.7. The highest BCUT2D eigenvalue weighted by molar-refractivity contribution is 5.81. The van der Waals surface area contributed by atoms with Crippen molar-refractivity contribution in [1.29, 1.82) is 0 Å². The fourth-order valence-corrected chi connectivity index (χ4v) is 0.836. The lowest BCUT2D eigenvalue weighted by atomic mass is 10.5. The molecule has 0 aliphatic carbocycles. The summed E-state index contributed by atoms with van der Waals surface area (Å²) in [4.78, 5) is 21.4. The van der Waals surface area contributed by atoms with Crippen LogP contribution in [0.3, 0.4) is 0 Å². The molecule has 106 valence electrons. The summed E-state index contributed by atoms with van der Waals surface area (Å²) < 4.78 is 44.8. The van der Waals surface area contributed by atoms with Crippen molar-refractivity contribution in [2.75, 3.05) is 40.0 Å². The highest BCUT2D eigenvalue weighted by atomic mass is 19.4. The zero-order valence-electron chi connectivity index (χ0n) is 9.80. The average molecular weight is 272 g/mol. The van der Waals surface area contributed by atoms with Gasteiger partial charge >= 0.3 is 12.1 Å². The molecular weight excluding hydrogens is 257 g/mol. The average Bonchev–Trinajstić information content (AvgIpc) is 2.28. The van der Waals surface area contributed by atoms with Crippen molar-refractivity contribution in [1.82, 2.24) is 10.6 Å². The molecule has 0 aromatic rings. The second-order valence-electron chi connectivity index (χ2n) is 3.15. The molecule has 0 saturated heterocycles. The number of methoxy groups -OCH3 is 1. The molecule has 0 saturated carbocycles. The van der Waals surface area contributed by atoms with E-state index < -0.39 is 18.0 Å². The Balaban J connectivity index is 3.49. The summed E-state index contributed by atoms with van der Waals surface area (Å²) in [6.07, 6.45) is -4.91. The van der Waals surface area contributed by atoms with E-state index in [0.717, 1.165) is 0 Å². The van der Waals surface area contributed by atoms with Gasteiger partial charge in [-0.05, 0) is 0 Å². The minimum absolute atomic E-state index is 0.103. The first-order valence-corrected chi connectivity index (χ1v) is 5.06. The van der Waals surface area contributed by atoms with Crippen LogP contribution in [-0.2, 0) is 19.1 Å². The Morgan fingerprint density at radius 1 is 1.11 bits per heavy atom. The second-order valence-corrected chi connectivity index (χ2v) is 3.15. The number of alkyl halides is 3. The number of amides is 2. The predicted molar refractivity (Wildman–Crippen MR) is 54.8 cm³/mol. The van der Waals surface area contributed by atoms with Crippen molar-refractivity contribution >= 4 is 11.8 Å². The summed E-state index contributed by atoms with van der Waals surface area (Å²) >= 11 is 0. The van der Waals surface area contributed by atoms with E-state index in [-0.39, 0.29) is 26.3 Å². The van der Waals surface area contributed by atoms with E-state index in [0.29, 0.717) is 6.61 Å². The van der Waals surface area contributed by atoms with E-state index >= 15 is 0 Å². The summed E-state index contributed by atoms with van der Waals surface area (Å²) in [5, 5.41) is 3.89. The topological polar surface area (TPSA) is 76.7 Å². The molecule has 0 bridgehead atoms. The van der Waals surface area contributed by atoms with E-state index in [4.69, 9.17) is 4.74 Å². The van der Waals surface area contributed by atoms with Crippen LogP contribution in [0.5, 0.6) is 0 Å². The minimum Gasteiger partial charge on any atom is -0.382 e. The molecule has 0 unspecified atom stereocenters. The summed E-state index contributed by atoms with van der Waals surface area (Å²) in [6, 6.07) is 0. The Morgan fingerprint density at radius 2 is 1.72 bits per heavy atom. The Kier molecular flexibility index (Phi) is 8.05. The highest BCUT2D eigenvalue weighted by Gasteiger charge is 2.38. The van der Waals surface area contributed by atoms with Gasteiger partial charge in [-0.25, -0.2) is 0 Å². The lowest BCUT2D eigenvalue weighted by Gasteiger charge is -2.09. The Labute approximate surface area is 102 Å². The molecule has 0 atom stereocenters. The lowest BCUT2D eigenvalue weighted by Crippen LogP contribution is -2.41. The van der Waals surface area contributed by atoms with Crippen molar-refractivity contribution in [2.24, 2.45) is 0 Å². The number of nitrogens with one attached hydrogen (secondary N) is 2. The predicted octanol–water partition coefficient (Wildman–Crippen LogP) is -0.556. The van der Waals surface area contributed by atoms with Gasteiger partial charge in [-0.1, -0.05) is 0 Å². The number of carbonyl (C=O) groups is 2. The third-order valence-electron chi connectivity index (χ3n) is 1.66. The van der Waals surface area contributed by atoms with Crippen LogP contribution in [0, 0.1) is 0 Å². The van der Waals surface area contributed by atoms with Crippen LogP contribution in [0.25, 0.3) is 0 Å². The molecule has 0 rings (SSSR count). The van der Waals surface area contributed by atoms with E-state index in [1.807, 2.05) is 0 Å². The molecule has 6 nitrogen and oxygen atoms in total.